The lowest BCUT2D eigenvalue weighted by Gasteiger charge is -2.28. The number of aromatic nitrogens is 3. The topological polar surface area (TPSA) is 44.8 Å². The number of rotatable bonds is 2. The van der Waals surface area contributed by atoms with Crippen molar-refractivity contribution in [3.05, 3.63) is 42.2 Å². The Hall–Kier alpha value is -2.07. The minimum absolute atomic E-state index is 0. The maximum atomic E-state index is 4.72. The number of piperidine rings is 1. The molecule has 1 fully saturated rings. The van der Waals surface area contributed by atoms with Crippen LogP contribution in [0.3, 0.4) is 0 Å². The summed E-state index contributed by atoms with van der Waals surface area (Å²) in [6, 6.07) is 12.5. The first-order chi connectivity index (χ1) is 10.8. The van der Waals surface area contributed by atoms with Crippen LogP contribution in [0.5, 0.6) is 0 Å². The second-order valence-electron chi connectivity index (χ2n) is 5.95. The largest absolute Gasteiger partial charge is 0.355 e. The van der Waals surface area contributed by atoms with Crippen LogP contribution in [0.25, 0.3) is 22.3 Å². The molecule has 0 atom stereocenters. The molecule has 1 saturated heterocycles. The third-order valence-electron chi connectivity index (χ3n) is 4.31. The van der Waals surface area contributed by atoms with Crippen LogP contribution in [0.2, 0.25) is 0 Å². The number of fused-ring (bicyclic) bond motifs is 1. The second kappa shape index (κ2) is 6.59. The highest BCUT2D eigenvalue weighted by Gasteiger charge is 2.18. The number of anilines is 1. The summed E-state index contributed by atoms with van der Waals surface area (Å²) < 4.78 is 0. The van der Waals surface area contributed by atoms with Gasteiger partial charge in [0.25, 0.3) is 0 Å². The molecule has 120 valence electrons. The Labute approximate surface area is 142 Å². The van der Waals surface area contributed by atoms with Crippen LogP contribution in [0.4, 0.5) is 5.82 Å². The maximum absolute atomic E-state index is 4.72. The van der Waals surface area contributed by atoms with E-state index in [1.165, 1.54) is 24.8 Å². The summed E-state index contributed by atoms with van der Waals surface area (Å²) in [4.78, 5) is 15.3. The molecular weight excluding hydrogens is 308 g/mol. The van der Waals surface area contributed by atoms with Crippen molar-refractivity contribution in [3.8, 4) is 11.3 Å². The first-order valence-corrected chi connectivity index (χ1v) is 7.99. The summed E-state index contributed by atoms with van der Waals surface area (Å²) in [5.74, 6) is 1.90. The Kier molecular flexibility index (Phi) is 4.53. The minimum Gasteiger partial charge on any atom is -0.355 e. The number of hydrogen-bond acceptors (Lipinski definition) is 3. The molecule has 5 heteroatoms. The third-order valence-corrected chi connectivity index (χ3v) is 4.31. The van der Waals surface area contributed by atoms with Crippen molar-refractivity contribution >= 4 is 29.3 Å². The molecule has 0 saturated carbocycles. The molecule has 2 aromatic heterocycles. The number of hydrogen-bond donors (Lipinski definition) is 1. The van der Waals surface area contributed by atoms with Crippen LogP contribution in [0.15, 0.2) is 36.4 Å². The summed E-state index contributed by atoms with van der Waals surface area (Å²) >= 11 is 0. The van der Waals surface area contributed by atoms with Gasteiger partial charge in [0.05, 0.1) is 5.52 Å². The fourth-order valence-electron chi connectivity index (χ4n) is 3.22. The number of benzene rings is 1. The highest BCUT2D eigenvalue weighted by Crippen LogP contribution is 2.29. The van der Waals surface area contributed by atoms with E-state index in [2.05, 4.69) is 45.2 Å². The van der Waals surface area contributed by atoms with E-state index in [-0.39, 0.29) is 12.4 Å². The van der Waals surface area contributed by atoms with Crippen molar-refractivity contribution < 1.29 is 0 Å². The Morgan fingerprint density at radius 1 is 1.00 bits per heavy atom. The van der Waals surface area contributed by atoms with E-state index in [0.717, 1.165) is 41.5 Å². The van der Waals surface area contributed by atoms with Crippen LogP contribution < -0.4 is 4.90 Å². The summed E-state index contributed by atoms with van der Waals surface area (Å²) in [7, 11) is 0. The molecule has 4 nitrogen and oxygen atoms in total. The molecule has 0 amide bonds. The van der Waals surface area contributed by atoms with Crippen molar-refractivity contribution in [1.29, 1.82) is 0 Å². The predicted octanol–water partition coefficient (Wildman–Crippen LogP) is 4.35. The summed E-state index contributed by atoms with van der Waals surface area (Å²) in [6.45, 7) is 4.15. The molecule has 1 aromatic carbocycles. The average molecular weight is 329 g/mol. The third kappa shape index (κ3) is 3.04. The Balaban J connectivity index is 0.00000156. The zero-order valence-electron chi connectivity index (χ0n) is 13.2. The van der Waals surface area contributed by atoms with Crippen LogP contribution in [-0.4, -0.2) is 28.0 Å². The van der Waals surface area contributed by atoms with Gasteiger partial charge in [-0.05, 0) is 37.8 Å². The molecule has 23 heavy (non-hydrogen) atoms. The fraction of sp³-hybridized carbons (Fsp3) is 0.333. The summed E-state index contributed by atoms with van der Waals surface area (Å²) in [5, 5.41) is 0. The van der Waals surface area contributed by atoms with Crippen molar-refractivity contribution in [3.63, 3.8) is 0 Å². The summed E-state index contributed by atoms with van der Waals surface area (Å²) in [6.07, 6.45) is 3.82. The Morgan fingerprint density at radius 2 is 1.74 bits per heavy atom. The van der Waals surface area contributed by atoms with E-state index in [4.69, 9.17) is 4.98 Å². The van der Waals surface area contributed by atoms with Gasteiger partial charge in [-0.1, -0.05) is 30.3 Å². The molecule has 0 aliphatic carbocycles. The van der Waals surface area contributed by atoms with Gasteiger partial charge in [-0.2, -0.15) is 0 Å². The molecule has 0 radical (unpaired) electrons. The lowest BCUT2D eigenvalue weighted by Crippen LogP contribution is -2.30. The van der Waals surface area contributed by atoms with E-state index in [1.807, 2.05) is 13.0 Å². The molecular formula is C18H21ClN4. The number of aryl methyl sites for hydroxylation is 1. The number of nitrogens with zero attached hydrogens (tertiary/aromatic N) is 3. The van der Waals surface area contributed by atoms with Gasteiger partial charge in [-0.25, -0.2) is 9.97 Å². The first-order valence-electron chi connectivity index (χ1n) is 7.99. The van der Waals surface area contributed by atoms with E-state index >= 15 is 0 Å². The van der Waals surface area contributed by atoms with Crippen LogP contribution in [0, 0.1) is 6.92 Å². The second-order valence-corrected chi connectivity index (χ2v) is 5.95. The lowest BCUT2D eigenvalue weighted by atomic mass is 10.1. The zero-order chi connectivity index (χ0) is 14.9. The number of halogens is 1. The predicted molar refractivity (Wildman–Crippen MR) is 97.4 cm³/mol. The van der Waals surface area contributed by atoms with Gasteiger partial charge in [-0.3, -0.25) is 0 Å². The minimum atomic E-state index is 0. The molecule has 3 heterocycles. The summed E-state index contributed by atoms with van der Waals surface area (Å²) in [5.41, 5.74) is 4.36. The van der Waals surface area contributed by atoms with Gasteiger partial charge in [0.1, 0.15) is 11.3 Å². The number of aromatic amines is 1. The van der Waals surface area contributed by atoms with Crippen molar-refractivity contribution in [2.24, 2.45) is 0 Å². The van der Waals surface area contributed by atoms with Crippen LogP contribution in [0.1, 0.15) is 25.1 Å². The molecule has 1 aliphatic heterocycles. The SMILES string of the molecule is Cc1nc(N2CCCCC2)c2[nH]c(-c3ccccc3)cc2n1.Cl. The molecule has 1 aliphatic rings. The fourth-order valence-corrected chi connectivity index (χ4v) is 3.22. The molecule has 4 rings (SSSR count). The van der Waals surface area contributed by atoms with E-state index in [9.17, 15) is 0 Å². The zero-order valence-corrected chi connectivity index (χ0v) is 14.1. The highest BCUT2D eigenvalue weighted by atomic mass is 35.5. The number of nitrogens with one attached hydrogen (secondary N) is 1. The van der Waals surface area contributed by atoms with E-state index in [0.29, 0.717) is 0 Å². The molecule has 3 aromatic rings. The standard InChI is InChI=1S/C18H20N4.ClH/c1-13-19-16-12-15(14-8-4-2-5-9-14)21-17(16)18(20-13)22-10-6-3-7-11-22;/h2,4-5,8-9,12,21H,3,6-7,10-11H2,1H3;1H. The van der Waals surface area contributed by atoms with Gasteiger partial charge >= 0.3 is 0 Å². The highest BCUT2D eigenvalue weighted by molar-refractivity contribution is 5.90. The monoisotopic (exact) mass is 328 g/mol. The maximum Gasteiger partial charge on any atom is 0.156 e. The van der Waals surface area contributed by atoms with E-state index in [1.54, 1.807) is 0 Å². The van der Waals surface area contributed by atoms with Crippen molar-refractivity contribution in [2.45, 2.75) is 26.2 Å². The van der Waals surface area contributed by atoms with Gasteiger partial charge in [0, 0.05) is 18.8 Å². The molecule has 0 bridgehead atoms. The first kappa shape index (κ1) is 15.8. The smallest absolute Gasteiger partial charge is 0.156 e. The Morgan fingerprint density at radius 3 is 2.48 bits per heavy atom. The van der Waals surface area contributed by atoms with Gasteiger partial charge < -0.3 is 9.88 Å². The van der Waals surface area contributed by atoms with Gasteiger partial charge in [0.15, 0.2) is 5.82 Å². The van der Waals surface area contributed by atoms with E-state index < -0.39 is 0 Å². The lowest BCUT2D eigenvalue weighted by molar-refractivity contribution is 0.574. The average Bonchev–Trinajstić information content (AvgIpc) is 2.99. The van der Waals surface area contributed by atoms with Gasteiger partial charge in [-0.15, -0.1) is 12.4 Å². The van der Waals surface area contributed by atoms with Crippen LogP contribution >= 0.6 is 12.4 Å². The molecule has 0 unspecified atom stereocenters. The van der Waals surface area contributed by atoms with Crippen LogP contribution in [-0.2, 0) is 0 Å². The molecule has 0 spiro atoms. The normalized spacial score (nSPS) is 14.7. The number of H-pyrrole nitrogens is 1. The van der Waals surface area contributed by atoms with Crippen molar-refractivity contribution in [2.75, 3.05) is 18.0 Å². The quantitative estimate of drug-likeness (QED) is 0.760. The molecule has 1 N–H and O–H groups in total. The Bertz CT molecular complexity index is 791. The van der Waals surface area contributed by atoms with Crippen molar-refractivity contribution in [1.82, 2.24) is 15.0 Å². The van der Waals surface area contributed by atoms with Gasteiger partial charge in [0.2, 0.25) is 0 Å².